The van der Waals surface area contributed by atoms with E-state index in [1.165, 1.54) is 0 Å². The van der Waals surface area contributed by atoms with Gasteiger partial charge in [0.25, 0.3) is 0 Å². The molecule has 0 unspecified atom stereocenters. The molecule has 258 valence electrons. The molecule has 0 atom stereocenters. The third-order valence-electron chi connectivity index (χ3n) is 8.52. The van der Waals surface area contributed by atoms with Crippen molar-refractivity contribution in [2.24, 2.45) is 7.05 Å². The van der Waals surface area contributed by atoms with E-state index < -0.39 is 23.1 Å². The summed E-state index contributed by atoms with van der Waals surface area (Å²) in [5.41, 5.74) is 8.16. The number of rotatable bonds is 8. The fraction of sp³-hybridized carbons (Fsp3) is 0.333. The fourth-order valence-corrected chi connectivity index (χ4v) is 6.30. The summed E-state index contributed by atoms with van der Waals surface area (Å²) < 4.78 is 15.8. The number of hydrogen-bond acceptors (Lipinski definition) is 6. The molecule has 50 heavy (non-hydrogen) atoms. The van der Waals surface area contributed by atoms with Gasteiger partial charge in [-0.25, -0.2) is 19.6 Å². The van der Waals surface area contributed by atoms with Crippen LogP contribution in [0.5, 0.6) is 0 Å². The molecule has 8 nitrogen and oxygen atoms in total. The van der Waals surface area contributed by atoms with Crippen molar-refractivity contribution in [3.05, 3.63) is 107 Å². The van der Waals surface area contributed by atoms with Gasteiger partial charge in [-0.15, -0.1) is 0 Å². The Labute approximate surface area is 294 Å². The van der Waals surface area contributed by atoms with Gasteiger partial charge in [0.1, 0.15) is 22.9 Å². The van der Waals surface area contributed by atoms with Crippen molar-refractivity contribution >= 4 is 34.0 Å². The highest BCUT2D eigenvalue weighted by Gasteiger charge is 2.25. The van der Waals surface area contributed by atoms with E-state index in [0.717, 1.165) is 68.8 Å². The van der Waals surface area contributed by atoms with Crippen LogP contribution >= 0.6 is 0 Å². The Hall–Kier alpha value is -5.24. The second-order valence-corrected chi connectivity index (χ2v) is 15.0. The molecule has 0 fully saturated rings. The number of esters is 2. The van der Waals surface area contributed by atoms with Crippen LogP contribution in [0.1, 0.15) is 92.6 Å². The lowest BCUT2D eigenvalue weighted by atomic mass is 9.96. The number of nitrogens with zero attached hydrogens (tertiary/aromatic N) is 4. The zero-order valence-corrected chi connectivity index (χ0v) is 30.5. The molecule has 6 aromatic rings. The largest absolute Gasteiger partial charge is 0.456 e. The van der Waals surface area contributed by atoms with Crippen LogP contribution < -0.4 is 0 Å². The molecule has 0 saturated heterocycles. The molecule has 0 spiro atoms. The first-order valence-electron chi connectivity index (χ1n) is 17.2. The number of aromatic nitrogens is 4. The first kappa shape index (κ1) is 34.6. The van der Waals surface area contributed by atoms with Crippen molar-refractivity contribution in [3.8, 4) is 22.5 Å². The molecular weight excluding hydrogens is 624 g/mol. The van der Waals surface area contributed by atoms with Gasteiger partial charge in [0.15, 0.2) is 0 Å². The van der Waals surface area contributed by atoms with E-state index in [-0.39, 0.29) is 0 Å². The number of aryl methyl sites for hydroxylation is 3. The highest BCUT2D eigenvalue weighted by Crippen LogP contribution is 2.32. The number of carbonyl (C=O) groups excluding carboxylic acids is 2. The number of ether oxygens (including phenoxy) is 2. The molecule has 0 N–H and O–H groups in total. The molecule has 2 aromatic heterocycles. The van der Waals surface area contributed by atoms with Crippen LogP contribution in [0, 0.1) is 6.92 Å². The molecule has 0 radical (unpaired) electrons. The molecule has 0 aliphatic rings. The van der Waals surface area contributed by atoms with Gasteiger partial charge in [0, 0.05) is 25.6 Å². The van der Waals surface area contributed by atoms with Crippen LogP contribution in [0.4, 0.5) is 0 Å². The second-order valence-electron chi connectivity index (χ2n) is 15.0. The van der Waals surface area contributed by atoms with Gasteiger partial charge in [-0.2, -0.15) is 0 Å². The van der Waals surface area contributed by atoms with E-state index in [9.17, 15) is 9.59 Å². The highest BCUT2D eigenvalue weighted by molar-refractivity contribution is 6.01. The molecule has 2 heterocycles. The van der Waals surface area contributed by atoms with Gasteiger partial charge in [-0.1, -0.05) is 49.4 Å². The Balaban J connectivity index is 1.37. The van der Waals surface area contributed by atoms with E-state index in [4.69, 9.17) is 19.4 Å². The summed E-state index contributed by atoms with van der Waals surface area (Å²) in [6, 6.07) is 25.8. The Morgan fingerprint density at radius 2 is 1.44 bits per heavy atom. The third kappa shape index (κ3) is 7.20. The zero-order chi connectivity index (χ0) is 36.0. The zero-order valence-electron chi connectivity index (χ0n) is 30.5. The number of benzene rings is 4. The summed E-state index contributed by atoms with van der Waals surface area (Å²) in [6.07, 6.45) is 1.84. The van der Waals surface area contributed by atoms with Gasteiger partial charge >= 0.3 is 11.9 Å². The van der Waals surface area contributed by atoms with E-state index in [1.807, 2.05) is 71.9 Å². The Morgan fingerprint density at radius 3 is 2.10 bits per heavy atom. The maximum Gasteiger partial charge on any atom is 0.339 e. The monoisotopic (exact) mass is 670 g/mol. The van der Waals surface area contributed by atoms with Crippen LogP contribution in [0.3, 0.4) is 0 Å². The molecular formula is C42H46N4O4. The minimum absolute atomic E-state index is 0.296. The number of carbonyl (C=O) groups is 2. The van der Waals surface area contributed by atoms with Crippen molar-refractivity contribution in [3.63, 3.8) is 0 Å². The summed E-state index contributed by atoms with van der Waals surface area (Å²) in [5, 5.41) is 0. The van der Waals surface area contributed by atoms with Gasteiger partial charge in [-0.05, 0) is 114 Å². The van der Waals surface area contributed by atoms with E-state index >= 15 is 0 Å². The van der Waals surface area contributed by atoms with Crippen molar-refractivity contribution in [1.82, 2.24) is 19.1 Å². The van der Waals surface area contributed by atoms with Crippen LogP contribution in [0.15, 0.2) is 78.9 Å². The van der Waals surface area contributed by atoms with Gasteiger partial charge in [0.2, 0.25) is 0 Å². The van der Waals surface area contributed by atoms with Crippen LogP contribution in [0.2, 0.25) is 0 Å². The van der Waals surface area contributed by atoms with E-state index in [1.54, 1.807) is 18.2 Å². The Kier molecular flexibility index (Phi) is 9.16. The lowest BCUT2D eigenvalue weighted by Gasteiger charge is -2.22. The Morgan fingerprint density at radius 1 is 0.760 bits per heavy atom. The predicted molar refractivity (Wildman–Crippen MR) is 199 cm³/mol. The molecule has 0 aliphatic heterocycles. The van der Waals surface area contributed by atoms with Crippen LogP contribution in [-0.4, -0.2) is 42.2 Å². The average Bonchev–Trinajstić information content (AvgIpc) is 3.57. The molecule has 6 rings (SSSR count). The summed E-state index contributed by atoms with van der Waals surface area (Å²) in [4.78, 5) is 36.5. The molecule has 8 heteroatoms. The molecule has 4 aromatic carbocycles. The average molecular weight is 671 g/mol. The van der Waals surface area contributed by atoms with Crippen molar-refractivity contribution in [2.45, 2.75) is 86.0 Å². The summed E-state index contributed by atoms with van der Waals surface area (Å²) in [7, 11) is 2.06. The first-order chi connectivity index (χ1) is 23.6. The summed E-state index contributed by atoms with van der Waals surface area (Å²) in [5.74, 6) is 0.975. The maximum absolute atomic E-state index is 13.5. The first-order valence-corrected chi connectivity index (χ1v) is 17.2. The number of fused-ring (bicyclic) bond motifs is 2. The standard InChI is InChI=1S/C42H46N4O4/c1-10-13-36-44-37-26(2)22-30(38-43-33-14-11-12-15-34(33)45(38)9)24-35(37)46(36)25-27-16-18-28(19-17-27)31-21-20-29(39(47)49-41(3,4)5)23-32(31)40(48)50-42(6,7)8/h11-12,14-24H,10,13,25H2,1-9H3. The number of hydrogen-bond donors (Lipinski definition) is 0. The highest BCUT2D eigenvalue weighted by atomic mass is 16.6. The van der Waals surface area contributed by atoms with Crippen LogP contribution in [-0.2, 0) is 29.5 Å². The summed E-state index contributed by atoms with van der Waals surface area (Å²) >= 11 is 0. The fourth-order valence-electron chi connectivity index (χ4n) is 6.30. The van der Waals surface area contributed by atoms with Gasteiger partial charge in [0.05, 0.1) is 33.2 Å². The smallest absolute Gasteiger partial charge is 0.339 e. The number of imidazole rings is 2. The quantitative estimate of drug-likeness (QED) is 0.150. The molecule has 0 saturated carbocycles. The number of para-hydroxylation sites is 2. The minimum atomic E-state index is -0.702. The molecule has 0 aliphatic carbocycles. The third-order valence-corrected chi connectivity index (χ3v) is 8.52. The second kappa shape index (κ2) is 13.2. The maximum atomic E-state index is 13.5. The van der Waals surface area contributed by atoms with E-state index in [2.05, 4.69) is 60.4 Å². The SMILES string of the molecule is CCCc1nc2c(C)cc(-c3nc4ccccc4n3C)cc2n1Cc1ccc(-c2ccc(C(=O)OC(C)(C)C)cc2C(=O)OC(C)(C)C)cc1. The predicted octanol–water partition coefficient (Wildman–Crippen LogP) is 9.48. The molecule has 0 bridgehead atoms. The minimum Gasteiger partial charge on any atom is -0.456 e. The summed E-state index contributed by atoms with van der Waals surface area (Å²) in [6.45, 7) is 15.8. The Bertz CT molecular complexity index is 2230. The van der Waals surface area contributed by atoms with Crippen molar-refractivity contribution < 1.29 is 19.1 Å². The molecule has 0 amide bonds. The van der Waals surface area contributed by atoms with Gasteiger partial charge < -0.3 is 18.6 Å². The topological polar surface area (TPSA) is 88.2 Å². The normalized spacial score (nSPS) is 12.1. The van der Waals surface area contributed by atoms with Crippen molar-refractivity contribution in [1.29, 1.82) is 0 Å². The van der Waals surface area contributed by atoms with Gasteiger partial charge in [-0.3, -0.25) is 0 Å². The van der Waals surface area contributed by atoms with Crippen molar-refractivity contribution in [2.75, 3.05) is 0 Å². The van der Waals surface area contributed by atoms with E-state index in [0.29, 0.717) is 23.2 Å². The van der Waals surface area contributed by atoms with Crippen LogP contribution in [0.25, 0.3) is 44.6 Å². The lowest BCUT2D eigenvalue weighted by Crippen LogP contribution is -2.25. The lowest BCUT2D eigenvalue weighted by molar-refractivity contribution is 0.00679.